The molecule has 3 atom stereocenters. The quantitative estimate of drug-likeness (QED) is 0.0383. The Morgan fingerprint density at radius 1 is 1.07 bits per heavy atom. The van der Waals surface area contributed by atoms with E-state index in [4.69, 9.17) is 14.2 Å². The van der Waals surface area contributed by atoms with E-state index >= 15 is 0 Å². The number of carbonyl (C=O) groups excluding carboxylic acids is 9. The number of likely N-dealkylation sites (N-methyl/N-ethyl adjacent to an activating group) is 1. The van der Waals surface area contributed by atoms with E-state index in [1.807, 2.05) is 0 Å². The van der Waals surface area contributed by atoms with Crippen molar-refractivity contribution in [2.75, 3.05) is 38.2 Å². The second kappa shape index (κ2) is 16.5. The largest absolute Gasteiger partial charge is 0.464 e. The third-order valence-corrected chi connectivity index (χ3v) is 10.9. The lowest BCUT2D eigenvalue weighted by atomic mass is 9.94. The molecule has 0 radical (unpaired) electrons. The van der Waals surface area contributed by atoms with Gasteiger partial charge in [-0.3, -0.25) is 43.4 Å². The summed E-state index contributed by atoms with van der Waals surface area (Å²) >= 11 is 2.28. The van der Waals surface area contributed by atoms with Crippen molar-refractivity contribution < 1.29 is 57.4 Å². The number of nitrogens with one attached hydrogen (secondary N) is 3. The number of aryl methyl sites for hydroxylation is 1. The molecule has 1 aromatic heterocycles. The number of imide groups is 1. The molecule has 5 rings (SSSR count). The Labute approximate surface area is 319 Å². The van der Waals surface area contributed by atoms with Crippen molar-refractivity contribution >= 4 is 77.5 Å². The molecule has 2 fully saturated rings. The number of hydrogen-bond acceptors (Lipinski definition) is 17. The van der Waals surface area contributed by atoms with Gasteiger partial charge in [0, 0.05) is 52.0 Å². The van der Waals surface area contributed by atoms with E-state index in [2.05, 4.69) is 31.5 Å². The van der Waals surface area contributed by atoms with E-state index in [1.54, 1.807) is 14.0 Å². The Morgan fingerprint density at radius 3 is 2.40 bits per heavy atom. The fraction of sp³-hybridized carbons (Fsp3) is 0.419. The summed E-state index contributed by atoms with van der Waals surface area (Å²) in [5.74, 6) is -6.92. The lowest BCUT2D eigenvalue weighted by Gasteiger charge is -2.56. The number of fused-ring (bicyclic) bond motifs is 1. The summed E-state index contributed by atoms with van der Waals surface area (Å²) in [6, 6.07) is 0.520. The molecule has 0 spiro atoms. The highest BCUT2D eigenvalue weighted by Crippen LogP contribution is 2.46. The van der Waals surface area contributed by atoms with Crippen molar-refractivity contribution in [1.82, 2.24) is 50.9 Å². The molecule has 3 aliphatic rings. The van der Waals surface area contributed by atoms with Crippen molar-refractivity contribution in [3.63, 3.8) is 0 Å². The van der Waals surface area contributed by atoms with Crippen LogP contribution in [-0.4, -0.2) is 138 Å². The van der Waals surface area contributed by atoms with E-state index in [-0.39, 0.29) is 60.3 Å². The third-order valence-electron chi connectivity index (χ3n) is 8.37. The van der Waals surface area contributed by atoms with E-state index in [0.29, 0.717) is 15.6 Å². The second-order valence-corrected chi connectivity index (χ2v) is 13.8. The lowest BCUT2D eigenvalue weighted by Crippen LogP contribution is -2.85. The van der Waals surface area contributed by atoms with Crippen LogP contribution < -0.4 is 25.4 Å². The number of piperazine rings is 1. The molecular weight excluding hydrogens is 769 g/mol. The highest BCUT2D eigenvalue weighted by molar-refractivity contribution is 8.01. The topological polar surface area (TPSA) is 271 Å². The van der Waals surface area contributed by atoms with Crippen LogP contribution in [0.5, 0.6) is 11.5 Å². The highest BCUT2D eigenvalue weighted by Gasteiger charge is 2.66. The SMILES string of the molecule is CCN1CCN(C(=O)NC(C(=O)N[C@]2(NC=O)C(=O)N3C(C(=O)OC)=C(CSc4nnnn4C)CS[C@@H]32)c2ccc(OC(C)=O)c(OC(C)=O)c2)C(=O)C1=O. The first kappa shape index (κ1) is 40.2. The van der Waals surface area contributed by atoms with Crippen LogP contribution in [0.4, 0.5) is 4.79 Å². The molecule has 1 aromatic carbocycles. The van der Waals surface area contributed by atoms with Crippen molar-refractivity contribution in [3.05, 3.63) is 35.0 Å². The smallest absolute Gasteiger partial charge is 0.354 e. The van der Waals surface area contributed by atoms with E-state index in [1.165, 1.54) is 33.5 Å². The summed E-state index contributed by atoms with van der Waals surface area (Å²) < 4.78 is 16.7. The van der Waals surface area contributed by atoms with Crippen LogP contribution in [0.25, 0.3) is 0 Å². The summed E-state index contributed by atoms with van der Waals surface area (Å²) in [5.41, 5.74) is -1.95. The van der Waals surface area contributed by atoms with Crippen LogP contribution in [0.15, 0.2) is 34.6 Å². The summed E-state index contributed by atoms with van der Waals surface area (Å²) in [7, 11) is 2.74. The first-order chi connectivity index (χ1) is 26.2. The summed E-state index contributed by atoms with van der Waals surface area (Å²) in [6.07, 6.45) is 0.168. The van der Waals surface area contributed by atoms with Gasteiger partial charge in [0.25, 0.3) is 5.91 Å². The molecule has 22 nitrogen and oxygen atoms in total. The summed E-state index contributed by atoms with van der Waals surface area (Å²) in [5, 5.41) is 17.8. The molecule has 4 heterocycles. The minimum Gasteiger partial charge on any atom is -0.464 e. The molecule has 1 unspecified atom stereocenters. The zero-order valence-electron chi connectivity index (χ0n) is 29.8. The zero-order chi connectivity index (χ0) is 40.2. The first-order valence-corrected chi connectivity index (χ1v) is 18.3. The average Bonchev–Trinajstić information content (AvgIpc) is 3.57. The minimum absolute atomic E-state index is 0.0145. The van der Waals surface area contributed by atoms with Crippen LogP contribution in [-0.2, 0) is 50.1 Å². The second-order valence-electron chi connectivity index (χ2n) is 11.8. The van der Waals surface area contributed by atoms with Gasteiger partial charge >= 0.3 is 35.8 Å². The van der Waals surface area contributed by atoms with E-state index < -0.39 is 64.6 Å². The van der Waals surface area contributed by atoms with E-state index in [9.17, 15) is 43.2 Å². The Morgan fingerprint density at radius 2 is 1.78 bits per heavy atom. The van der Waals surface area contributed by atoms with Crippen LogP contribution in [0.3, 0.4) is 0 Å². The maximum Gasteiger partial charge on any atom is 0.354 e. The number of benzene rings is 1. The van der Waals surface area contributed by atoms with Gasteiger partial charge in [-0.05, 0) is 40.6 Å². The standard InChI is InChI=1S/C31H34N10O12S2/c1-6-39-9-10-40(25(47)24(39)46)29(50)33-21(17-7-8-19(52-15(2)43)20(11-17)53-16(3)44)23(45)34-31(32-14-42)27(49)41-22(26(48)51-5)18(12-54-28(31)41)13-55-30-35-36-37-38(30)4/h7-8,11,14,21,28H,6,9-10,12-13H2,1-5H3,(H,32,42)(H,33,50)(H,34,45)/t21?,28-,31-/m1/s1. The first-order valence-electron chi connectivity index (χ1n) is 16.2. The number of nitrogens with zero attached hydrogens (tertiary/aromatic N) is 7. The van der Waals surface area contributed by atoms with Crippen LogP contribution >= 0.6 is 23.5 Å². The average molecular weight is 803 g/mol. The van der Waals surface area contributed by atoms with Crippen molar-refractivity contribution in [3.8, 4) is 11.5 Å². The minimum atomic E-state index is -2.19. The number of carbonyl (C=O) groups is 9. The van der Waals surface area contributed by atoms with Gasteiger partial charge in [-0.25, -0.2) is 14.3 Å². The van der Waals surface area contributed by atoms with Crippen molar-refractivity contribution in [1.29, 1.82) is 0 Å². The Kier molecular flexibility index (Phi) is 12.1. The molecule has 0 bridgehead atoms. The number of thioether (sulfide) groups is 2. The monoisotopic (exact) mass is 802 g/mol. The van der Waals surface area contributed by atoms with Gasteiger partial charge in [-0.2, -0.15) is 0 Å². The molecular formula is C31H34N10O12S2. The number of aromatic nitrogens is 4. The van der Waals surface area contributed by atoms with Gasteiger partial charge in [0.05, 0.1) is 7.11 Å². The number of hydrogen-bond donors (Lipinski definition) is 3. The number of rotatable bonds is 13. The normalized spacial score (nSPS) is 19.8. The molecule has 55 heavy (non-hydrogen) atoms. The number of tetrazole rings is 1. The third kappa shape index (κ3) is 7.94. The number of urea groups is 1. The number of amides is 7. The predicted octanol–water partition coefficient (Wildman–Crippen LogP) is -1.80. The molecule has 2 saturated heterocycles. The number of ether oxygens (including phenoxy) is 3. The number of methoxy groups -OCH3 is 1. The lowest BCUT2D eigenvalue weighted by molar-refractivity contribution is -0.163. The molecule has 2 aromatic rings. The van der Waals surface area contributed by atoms with Gasteiger partial charge in [0.2, 0.25) is 23.1 Å². The maximum atomic E-state index is 14.3. The zero-order valence-corrected chi connectivity index (χ0v) is 31.5. The molecule has 292 valence electrons. The van der Waals surface area contributed by atoms with Crippen LogP contribution in [0.1, 0.15) is 32.4 Å². The van der Waals surface area contributed by atoms with Gasteiger partial charge in [0.1, 0.15) is 17.1 Å². The number of β-lactam (4-membered cyclic amide) rings is 1. The van der Waals surface area contributed by atoms with Gasteiger partial charge < -0.3 is 35.1 Å². The fourth-order valence-electron chi connectivity index (χ4n) is 5.80. The van der Waals surface area contributed by atoms with Crippen LogP contribution in [0, 0.1) is 0 Å². The van der Waals surface area contributed by atoms with Gasteiger partial charge in [-0.15, -0.1) is 16.9 Å². The maximum absolute atomic E-state index is 14.3. The molecule has 7 amide bonds. The van der Waals surface area contributed by atoms with Gasteiger partial charge in [-0.1, -0.05) is 17.8 Å². The molecule has 0 saturated carbocycles. The van der Waals surface area contributed by atoms with Crippen molar-refractivity contribution in [2.45, 2.75) is 43.0 Å². The fourth-order valence-corrected chi connectivity index (χ4v) is 8.22. The Hall–Kier alpha value is -6.04. The van der Waals surface area contributed by atoms with E-state index in [0.717, 1.165) is 43.7 Å². The number of esters is 3. The van der Waals surface area contributed by atoms with Gasteiger partial charge in [0.15, 0.2) is 11.5 Å². The van der Waals surface area contributed by atoms with Crippen molar-refractivity contribution in [2.24, 2.45) is 7.05 Å². The molecule has 24 heteroatoms. The van der Waals surface area contributed by atoms with Crippen LogP contribution in [0.2, 0.25) is 0 Å². The summed E-state index contributed by atoms with van der Waals surface area (Å²) in [6.45, 7) is 3.81. The summed E-state index contributed by atoms with van der Waals surface area (Å²) in [4.78, 5) is 119. The predicted molar refractivity (Wildman–Crippen MR) is 186 cm³/mol. The Balaban J connectivity index is 1.50. The molecule has 3 aliphatic heterocycles. The Bertz CT molecular complexity index is 2010. The molecule has 3 N–H and O–H groups in total. The molecule has 0 aliphatic carbocycles. The highest BCUT2D eigenvalue weighted by atomic mass is 32.2.